The highest BCUT2D eigenvalue weighted by Gasteiger charge is 2.52. The van der Waals surface area contributed by atoms with Gasteiger partial charge in [-0.15, -0.1) is 0 Å². The van der Waals surface area contributed by atoms with E-state index in [9.17, 15) is 5.11 Å². The SMILES string of the molecule is C[C@H]([C@H](O)CCCOCOc1ccc(Br)cc1)[P+](c1ccccc1)(c1ccccc1)c1ccccc1. The summed E-state index contributed by atoms with van der Waals surface area (Å²) in [6, 6.07) is 39.8. The van der Waals surface area contributed by atoms with Crippen molar-refractivity contribution in [2.45, 2.75) is 31.5 Å². The van der Waals surface area contributed by atoms with Crippen LogP contribution in [0.3, 0.4) is 0 Å². The molecule has 3 nitrogen and oxygen atoms in total. The Morgan fingerprint density at radius 1 is 0.722 bits per heavy atom. The largest absolute Gasteiger partial charge is 0.468 e. The van der Waals surface area contributed by atoms with Crippen LogP contribution in [0.4, 0.5) is 0 Å². The molecule has 186 valence electrons. The van der Waals surface area contributed by atoms with Gasteiger partial charge in [-0.2, -0.15) is 0 Å². The summed E-state index contributed by atoms with van der Waals surface area (Å²) in [6.45, 7) is 2.94. The molecule has 2 atom stereocenters. The zero-order valence-corrected chi connectivity index (χ0v) is 23.0. The van der Waals surface area contributed by atoms with Crippen molar-refractivity contribution in [2.24, 2.45) is 0 Å². The fourth-order valence-electron chi connectivity index (χ4n) is 4.74. The van der Waals surface area contributed by atoms with Crippen LogP contribution in [-0.2, 0) is 4.74 Å². The minimum Gasteiger partial charge on any atom is -0.468 e. The summed E-state index contributed by atoms with van der Waals surface area (Å²) < 4.78 is 12.4. The first kappa shape index (κ1) is 26.6. The second kappa shape index (κ2) is 13.2. The standard InChI is InChI=1S/C31H33BrO3P/c1-25(31(33)18-11-23-34-24-35-27-21-19-26(32)20-22-27)36(28-12-5-2-6-13-28,29-14-7-3-8-15-29)30-16-9-4-10-17-30/h2-10,12-17,19-22,25,31,33H,11,18,23-24H2,1H3/q+1/t25-,31-/m1/s1. The van der Waals surface area contributed by atoms with Gasteiger partial charge in [-0.3, -0.25) is 0 Å². The normalized spacial score (nSPS) is 13.2. The Labute approximate surface area is 223 Å². The molecular formula is C31H33BrO3P+. The highest BCUT2D eigenvalue weighted by molar-refractivity contribution is 9.10. The Kier molecular flexibility index (Phi) is 9.72. The summed E-state index contributed by atoms with van der Waals surface area (Å²) in [4.78, 5) is 0. The second-order valence-corrected chi connectivity index (χ2v) is 13.5. The van der Waals surface area contributed by atoms with E-state index in [4.69, 9.17) is 9.47 Å². The minimum atomic E-state index is -2.13. The number of aliphatic hydroxyl groups excluding tert-OH is 1. The number of benzene rings is 4. The van der Waals surface area contributed by atoms with Crippen molar-refractivity contribution < 1.29 is 14.6 Å². The van der Waals surface area contributed by atoms with Gasteiger partial charge in [0.05, 0.1) is 12.7 Å². The Hall–Kier alpha value is -2.49. The maximum atomic E-state index is 11.5. The van der Waals surface area contributed by atoms with Gasteiger partial charge < -0.3 is 14.6 Å². The lowest BCUT2D eigenvalue weighted by atomic mass is 10.1. The van der Waals surface area contributed by atoms with Crippen LogP contribution in [0, 0.1) is 0 Å². The average molecular weight is 564 g/mol. The Balaban J connectivity index is 1.49. The van der Waals surface area contributed by atoms with Crippen LogP contribution < -0.4 is 20.7 Å². The predicted octanol–water partition coefficient (Wildman–Crippen LogP) is 6.33. The lowest BCUT2D eigenvalue weighted by Crippen LogP contribution is -2.42. The molecule has 0 bridgehead atoms. The molecule has 36 heavy (non-hydrogen) atoms. The van der Waals surface area contributed by atoms with Crippen molar-refractivity contribution in [3.05, 3.63) is 120 Å². The van der Waals surface area contributed by atoms with Crippen LogP contribution in [0.25, 0.3) is 0 Å². The molecule has 0 spiro atoms. The van der Waals surface area contributed by atoms with Crippen molar-refractivity contribution in [3.8, 4) is 5.75 Å². The van der Waals surface area contributed by atoms with Crippen LogP contribution in [0.15, 0.2) is 120 Å². The van der Waals surface area contributed by atoms with Gasteiger partial charge in [0.15, 0.2) is 6.79 Å². The molecule has 4 aromatic rings. The third-order valence-electron chi connectivity index (χ3n) is 6.57. The molecule has 0 aliphatic rings. The van der Waals surface area contributed by atoms with Gasteiger partial charge in [0.2, 0.25) is 0 Å². The second-order valence-electron chi connectivity index (χ2n) is 8.80. The number of halogens is 1. The molecule has 0 radical (unpaired) electrons. The molecule has 0 fully saturated rings. The molecule has 5 heteroatoms. The minimum absolute atomic E-state index is 0.0312. The van der Waals surface area contributed by atoms with E-state index in [1.165, 1.54) is 15.9 Å². The molecule has 0 aromatic heterocycles. The van der Waals surface area contributed by atoms with E-state index in [1.807, 2.05) is 24.3 Å². The number of aliphatic hydroxyl groups is 1. The first-order valence-corrected chi connectivity index (χ1v) is 15.0. The number of hydrogen-bond donors (Lipinski definition) is 1. The average Bonchev–Trinajstić information content (AvgIpc) is 2.93. The van der Waals surface area contributed by atoms with Crippen molar-refractivity contribution >= 4 is 39.1 Å². The Bertz CT molecular complexity index is 1070. The Morgan fingerprint density at radius 2 is 1.19 bits per heavy atom. The lowest BCUT2D eigenvalue weighted by molar-refractivity contribution is 0.00956. The van der Waals surface area contributed by atoms with Gasteiger partial charge >= 0.3 is 0 Å². The van der Waals surface area contributed by atoms with Crippen molar-refractivity contribution in [1.82, 2.24) is 0 Å². The molecule has 1 N–H and O–H groups in total. The number of rotatable bonds is 12. The van der Waals surface area contributed by atoms with Crippen LogP contribution >= 0.6 is 23.2 Å². The fraction of sp³-hybridized carbons (Fsp3) is 0.226. The summed E-state index contributed by atoms with van der Waals surface area (Å²) >= 11 is 3.42. The van der Waals surface area contributed by atoms with Gasteiger partial charge in [0.25, 0.3) is 0 Å². The molecule has 0 unspecified atom stereocenters. The Morgan fingerprint density at radius 3 is 1.67 bits per heavy atom. The molecule has 0 saturated heterocycles. The summed E-state index contributed by atoms with van der Waals surface area (Å²) in [5.74, 6) is 0.773. The zero-order valence-electron chi connectivity index (χ0n) is 20.5. The van der Waals surface area contributed by atoms with Crippen LogP contribution in [0.1, 0.15) is 19.8 Å². The van der Waals surface area contributed by atoms with E-state index in [1.54, 1.807) is 0 Å². The van der Waals surface area contributed by atoms with Crippen LogP contribution in [0.2, 0.25) is 0 Å². The van der Waals surface area contributed by atoms with Gasteiger partial charge in [0.1, 0.15) is 34.6 Å². The van der Waals surface area contributed by atoms with Gasteiger partial charge in [-0.1, -0.05) is 70.5 Å². The predicted molar refractivity (Wildman–Crippen MR) is 155 cm³/mol. The first-order valence-electron chi connectivity index (χ1n) is 12.3. The molecule has 0 saturated carbocycles. The van der Waals surface area contributed by atoms with E-state index in [-0.39, 0.29) is 12.5 Å². The fourth-order valence-corrected chi connectivity index (χ4v) is 9.90. The summed E-state index contributed by atoms with van der Waals surface area (Å²) in [6.07, 6.45) is 0.941. The van der Waals surface area contributed by atoms with Crippen molar-refractivity contribution in [2.75, 3.05) is 13.4 Å². The third-order valence-corrected chi connectivity index (χ3v) is 12.0. The van der Waals surface area contributed by atoms with E-state index in [0.717, 1.165) is 16.6 Å². The first-order chi connectivity index (χ1) is 17.6. The van der Waals surface area contributed by atoms with Crippen molar-refractivity contribution in [3.63, 3.8) is 0 Å². The molecule has 0 amide bonds. The topological polar surface area (TPSA) is 38.7 Å². The summed E-state index contributed by atoms with van der Waals surface area (Å²) in [5.41, 5.74) is 0.0312. The summed E-state index contributed by atoms with van der Waals surface area (Å²) in [5, 5.41) is 15.4. The van der Waals surface area contributed by atoms with E-state index in [0.29, 0.717) is 13.0 Å². The quantitative estimate of drug-likeness (QED) is 0.124. The highest BCUT2D eigenvalue weighted by atomic mass is 79.9. The molecule has 0 aliphatic carbocycles. The smallest absolute Gasteiger partial charge is 0.189 e. The molecule has 4 rings (SSSR count). The van der Waals surface area contributed by atoms with Gasteiger partial charge in [-0.05, 0) is 80.4 Å². The zero-order chi connectivity index (χ0) is 25.2. The molecule has 0 aliphatic heterocycles. The van der Waals surface area contributed by atoms with Crippen molar-refractivity contribution in [1.29, 1.82) is 0 Å². The lowest BCUT2D eigenvalue weighted by Gasteiger charge is -2.35. The third kappa shape index (κ3) is 6.25. The van der Waals surface area contributed by atoms with E-state index >= 15 is 0 Å². The maximum Gasteiger partial charge on any atom is 0.189 e. The highest BCUT2D eigenvalue weighted by Crippen LogP contribution is 2.60. The van der Waals surface area contributed by atoms with Gasteiger partial charge in [-0.25, -0.2) is 0 Å². The number of hydrogen-bond acceptors (Lipinski definition) is 3. The van der Waals surface area contributed by atoms with Crippen LogP contribution in [0.5, 0.6) is 5.75 Å². The van der Waals surface area contributed by atoms with Crippen LogP contribution in [-0.4, -0.2) is 30.3 Å². The molecular weight excluding hydrogens is 531 g/mol. The van der Waals surface area contributed by atoms with Gasteiger partial charge in [0, 0.05) is 4.47 Å². The summed E-state index contributed by atoms with van der Waals surface area (Å²) in [7, 11) is -2.13. The van der Waals surface area contributed by atoms with E-state index < -0.39 is 13.4 Å². The molecule has 0 heterocycles. The van der Waals surface area contributed by atoms with E-state index in [2.05, 4.69) is 114 Å². The maximum absolute atomic E-state index is 11.5. The monoisotopic (exact) mass is 563 g/mol. The number of ether oxygens (including phenoxy) is 2. The molecule has 4 aromatic carbocycles.